The van der Waals surface area contributed by atoms with Gasteiger partial charge in [-0.15, -0.1) is 0 Å². The average Bonchev–Trinajstić information content (AvgIpc) is 3.10. The fraction of sp³-hybridized carbons (Fsp3) is 0.476. The number of nitrogens with zero attached hydrogens (tertiary/aromatic N) is 3. The van der Waals surface area contributed by atoms with Crippen LogP contribution in [0.3, 0.4) is 0 Å². The van der Waals surface area contributed by atoms with E-state index in [-0.39, 0.29) is 17.4 Å². The lowest BCUT2D eigenvalue weighted by atomic mass is 9.94. The van der Waals surface area contributed by atoms with Crippen molar-refractivity contribution in [2.45, 2.75) is 38.3 Å². The van der Waals surface area contributed by atoms with Gasteiger partial charge in [-0.05, 0) is 42.4 Å². The maximum Gasteiger partial charge on any atom is 0.267 e. The van der Waals surface area contributed by atoms with Crippen molar-refractivity contribution in [2.75, 3.05) is 19.7 Å². The minimum atomic E-state index is -0.489. The number of ether oxygens (including phenoxy) is 1. The summed E-state index contributed by atoms with van der Waals surface area (Å²) in [6, 6.07) is 9.76. The summed E-state index contributed by atoms with van der Waals surface area (Å²) in [7, 11) is 0. The quantitative estimate of drug-likeness (QED) is 0.827. The smallest absolute Gasteiger partial charge is 0.267 e. The molecule has 0 spiro atoms. The molecular weight excluding hydrogens is 342 g/mol. The molecule has 1 unspecified atom stereocenters. The topological polar surface area (TPSA) is 64.4 Å². The summed E-state index contributed by atoms with van der Waals surface area (Å²) >= 11 is 0. The highest BCUT2D eigenvalue weighted by atomic mass is 16.5. The first-order valence-corrected chi connectivity index (χ1v) is 9.77. The second kappa shape index (κ2) is 6.60. The molecule has 140 valence electrons. The zero-order valence-electron chi connectivity index (χ0n) is 15.3. The molecule has 3 aliphatic rings. The number of carbonyl (C=O) groups is 1. The Morgan fingerprint density at radius 3 is 2.89 bits per heavy atom. The van der Waals surface area contributed by atoms with Crippen LogP contribution in [0, 0.1) is 5.92 Å². The number of amides is 1. The Bertz CT molecular complexity index is 946. The van der Waals surface area contributed by atoms with Crippen molar-refractivity contribution in [1.82, 2.24) is 14.7 Å². The standard InChI is InChI=1S/C21H23N3O3/c25-19-10-16-5-3-7-18(16)22-24(19)13-14-11-23(12-14)21(26)20-17-6-2-1-4-15(17)8-9-27-20/h1-2,4,6,10,14,20H,3,5,7-9,11-13H2. The van der Waals surface area contributed by atoms with Gasteiger partial charge in [-0.25, -0.2) is 4.68 Å². The fourth-order valence-electron chi connectivity index (χ4n) is 4.44. The highest BCUT2D eigenvalue weighted by Crippen LogP contribution is 2.31. The summed E-state index contributed by atoms with van der Waals surface area (Å²) in [5, 5.41) is 4.54. The Hall–Kier alpha value is -2.47. The van der Waals surface area contributed by atoms with Crippen LogP contribution in [0.5, 0.6) is 0 Å². The van der Waals surface area contributed by atoms with Crippen molar-refractivity contribution < 1.29 is 9.53 Å². The number of fused-ring (bicyclic) bond motifs is 2. The molecule has 1 aromatic carbocycles. The van der Waals surface area contributed by atoms with E-state index in [9.17, 15) is 9.59 Å². The average molecular weight is 365 g/mol. The third-order valence-corrected chi connectivity index (χ3v) is 5.94. The summed E-state index contributed by atoms with van der Waals surface area (Å²) in [6.45, 7) is 2.48. The van der Waals surface area contributed by atoms with Crippen molar-refractivity contribution in [2.24, 2.45) is 5.92 Å². The summed E-state index contributed by atoms with van der Waals surface area (Å²) in [5.74, 6) is 0.310. The Morgan fingerprint density at radius 2 is 2.00 bits per heavy atom. The number of aromatic nitrogens is 2. The molecule has 3 heterocycles. The first-order chi connectivity index (χ1) is 13.2. The molecule has 27 heavy (non-hydrogen) atoms. The molecule has 0 saturated carbocycles. The number of aryl methyl sites for hydroxylation is 2. The van der Waals surface area contributed by atoms with E-state index >= 15 is 0 Å². The molecule has 2 aromatic rings. The second-order valence-corrected chi connectivity index (χ2v) is 7.80. The summed E-state index contributed by atoms with van der Waals surface area (Å²) in [6.07, 6.45) is 3.38. The molecule has 1 amide bonds. The van der Waals surface area contributed by atoms with Crippen LogP contribution in [-0.4, -0.2) is 40.3 Å². The molecule has 6 heteroatoms. The SMILES string of the molecule is O=C(C1OCCc2ccccc21)N1CC(Cn2nc3c(cc2=O)CCC3)C1. The molecule has 1 atom stereocenters. The van der Waals surface area contributed by atoms with Crippen molar-refractivity contribution in [3.05, 3.63) is 63.1 Å². The molecule has 1 saturated heterocycles. The Morgan fingerprint density at radius 1 is 1.15 bits per heavy atom. The predicted octanol–water partition coefficient (Wildman–Crippen LogP) is 1.50. The van der Waals surface area contributed by atoms with E-state index in [0.29, 0.717) is 26.2 Å². The Kier molecular flexibility index (Phi) is 4.08. The van der Waals surface area contributed by atoms with Gasteiger partial charge in [0, 0.05) is 25.1 Å². The normalized spacial score (nSPS) is 21.5. The summed E-state index contributed by atoms with van der Waals surface area (Å²) in [4.78, 5) is 27.0. The maximum absolute atomic E-state index is 12.9. The van der Waals surface area contributed by atoms with Gasteiger partial charge in [0.15, 0.2) is 6.10 Å². The van der Waals surface area contributed by atoms with Gasteiger partial charge >= 0.3 is 0 Å². The zero-order chi connectivity index (χ0) is 18.4. The molecule has 1 aromatic heterocycles. The van der Waals surface area contributed by atoms with Gasteiger partial charge in [-0.2, -0.15) is 5.10 Å². The fourth-order valence-corrected chi connectivity index (χ4v) is 4.44. The van der Waals surface area contributed by atoms with Crippen LogP contribution in [0.15, 0.2) is 35.1 Å². The van der Waals surface area contributed by atoms with Crippen molar-refractivity contribution in [3.8, 4) is 0 Å². The van der Waals surface area contributed by atoms with Gasteiger partial charge in [0.2, 0.25) is 0 Å². The highest BCUT2D eigenvalue weighted by Gasteiger charge is 2.37. The zero-order valence-corrected chi connectivity index (χ0v) is 15.3. The van der Waals surface area contributed by atoms with Crippen molar-refractivity contribution in [1.29, 1.82) is 0 Å². The second-order valence-electron chi connectivity index (χ2n) is 7.80. The third kappa shape index (κ3) is 2.98. The molecule has 1 fully saturated rings. The number of carbonyl (C=O) groups excluding carboxylic acids is 1. The summed E-state index contributed by atoms with van der Waals surface area (Å²) in [5.41, 5.74) is 4.34. The van der Waals surface area contributed by atoms with E-state index in [1.807, 2.05) is 23.1 Å². The van der Waals surface area contributed by atoms with Crippen LogP contribution in [0.2, 0.25) is 0 Å². The van der Waals surface area contributed by atoms with Crippen LogP contribution >= 0.6 is 0 Å². The summed E-state index contributed by atoms with van der Waals surface area (Å²) < 4.78 is 7.37. The number of hydrogen-bond donors (Lipinski definition) is 0. The van der Waals surface area contributed by atoms with Crippen LogP contribution < -0.4 is 5.56 Å². The molecule has 5 rings (SSSR count). The number of hydrogen-bond acceptors (Lipinski definition) is 4. The largest absolute Gasteiger partial charge is 0.363 e. The van der Waals surface area contributed by atoms with E-state index < -0.39 is 6.10 Å². The minimum Gasteiger partial charge on any atom is -0.363 e. The Balaban J connectivity index is 1.24. The van der Waals surface area contributed by atoms with E-state index in [1.165, 1.54) is 5.56 Å². The molecule has 0 N–H and O–H groups in total. The number of benzene rings is 1. The van der Waals surface area contributed by atoms with Gasteiger partial charge in [-0.1, -0.05) is 24.3 Å². The first-order valence-electron chi connectivity index (χ1n) is 9.77. The minimum absolute atomic E-state index is 0.0232. The van der Waals surface area contributed by atoms with Gasteiger partial charge in [0.05, 0.1) is 18.8 Å². The van der Waals surface area contributed by atoms with Crippen molar-refractivity contribution in [3.63, 3.8) is 0 Å². The van der Waals surface area contributed by atoms with E-state index in [2.05, 4.69) is 11.2 Å². The maximum atomic E-state index is 12.9. The lowest BCUT2D eigenvalue weighted by Crippen LogP contribution is -2.54. The predicted molar refractivity (Wildman–Crippen MR) is 99.4 cm³/mol. The van der Waals surface area contributed by atoms with Gasteiger partial charge in [0.25, 0.3) is 11.5 Å². The molecular formula is C21H23N3O3. The molecule has 6 nitrogen and oxygen atoms in total. The third-order valence-electron chi connectivity index (χ3n) is 5.94. The highest BCUT2D eigenvalue weighted by molar-refractivity contribution is 5.83. The molecule has 0 bridgehead atoms. The molecule has 1 aliphatic carbocycles. The van der Waals surface area contributed by atoms with E-state index in [0.717, 1.165) is 42.5 Å². The molecule has 0 radical (unpaired) electrons. The number of likely N-dealkylation sites (tertiary alicyclic amines) is 1. The van der Waals surface area contributed by atoms with Crippen molar-refractivity contribution >= 4 is 5.91 Å². The van der Waals surface area contributed by atoms with Crippen LogP contribution in [0.25, 0.3) is 0 Å². The van der Waals surface area contributed by atoms with Crippen LogP contribution in [0.4, 0.5) is 0 Å². The van der Waals surface area contributed by atoms with Crippen LogP contribution in [0.1, 0.15) is 34.9 Å². The van der Waals surface area contributed by atoms with Gasteiger partial charge in [0.1, 0.15) is 0 Å². The monoisotopic (exact) mass is 365 g/mol. The Labute approximate surface area is 157 Å². The first kappa shape index (κ1) is 16.7. The lowest BCUT2D eigenvalue weighted by molar-refractivity contribution is -0.152. The lowest BCUT2D eigenvalue weighted by Gasteiger charge is -2.41. The van der Waals surface area contributed by atoms with E-state index in [4.69, 9.17) is 4.74 Å². The molecule has 2 aliphatic heterocycles. The van der Waals surface area contributed by atoms with Gasteiger partial charge < -0.3 is 9.64 Å². The van der Waals surface area contributed by atoms with Crippen LogP contribution in [-0.2, 0) is 35.3 Å². The number of rotatable bonds is 3. The van der Waals surface area contributed by atoms with E-state index in [1.54, 1.807) is 10.7 Å². The van der Waals surface area contributed by atoms with Gasteiger partial charge in [-0.3, -0.25) is 9.59 Å².